The lowest BCUT2D eigenvalue weighted by atomic mass is 10.1. The van der Waals surface area contributed by atoms with Crippen LogP contribution in [0.4, 0.5) is 4.79 Å². The third-order valence-electron chi connectivity index (χ3n) is 4.20. The number of hydrogen-bond acceptors (Lipinski definition) is 4. The second kappa shape index (κ2) is 11.9. The Morgan fingerprint density at radius 1 is 1.35 bits per heavy atom. The highest BCUT2D eigenvalue weighted by Crippen LogP contribution is 2.10. The Bertz CT molecular complexity index is 524. The number of likely N-dealkylation sites (N-methyl/N-ethyl adjacent to an activating group) is 1. The Morgan fingerprint density at radius 3 is 2.73 bits per heavy atom. The van der Waals surface area contributed by atoms with Gasteiger partial charge in [0, 0.05) is 37.9 Å². The number of amides is 3. The van der Waals surface area contributed by atoms with Crippen molar-refractivity contribution in [1.29, 1.82) is 0 Å². The summed E-state index contributed by atoms with van der Waals surface area (Å²) in [6.45, 7) is 9.59. The Morgan fingerprint density at radius 2 is 2.08 bits per heavy atom. The quantitative estimate of drug-likeness (QED) is 0.580. The number of rotatable bonds is 7. The number of piperidine rings is 1. The predicted molar refractivity (Wildman–Crippen MR) is 109 cm³/mol. The number of hydrogen-bond donors (Lipinski definition) is 3. The lowest BCUT2D eigenvalue weighted by molar-refractivity contribution is -0.115. The topological polar surface area (TPSA) is 76.7 Å². The van der Waals surface area contributed by atoms with Crippen molar-refractivity contribution in [3.63, 3.8) is 0 Å². The van der Waals surface area contributed by atoms with E-state index in [1.807, 2.05) is 19.9 Å². The van der Waals surface area contributed by atoms with E-state index < -0.39 is 0 Å². The van der Waals surface area contributed by atoms with Gasteiger partial charge in [0.25, 0.3) is 5.91 Å². The maximum atomic E-state index is 12.3. The molecule has 0 aliphatic carbocycles. The minimum absolute atomic E-state index is 0.0708. The van der Waals surface area contributed by atoms with E-state index in [2.05, 4.69) is 34.8 Å². The summed E-state index contributed by atoms with van der Waals surface area (Å²) in [6.07, 6.45) is 4.84. The summed E-state index contributed by atoms with van der Waals surface area (Å²) in [5, 5.41) is 8.71. The summed E-state index contributed by atoms with van der Waals surface area (Å²) in [5.41, 5.74) is 0.862. The third kappa shape index (κ3) is 8.14. The first kappa shape index (κ1) is 22.4. The summed E-state index contributed by atoms with van der Waals surface area (Å²) < 4.78 is 0. The number of carbonyl (C=O) groups is 2. The molecule has 0 bridgehead atoms. The highest BCUT2D eigenvalue weighted by atomic mass is 32.1. The Hall–Kier alpha value is -1.67. The van der Waals surface area contributed by atoms with Crippen LogP contribution in [0.3, 0.4) is 0 Å². The average molecular weight is 384 g/mol. The van der Waals surface area contributed by atoms with E-state index in [0.29, 0.717) is 19.6 Å². The minimum atomic E-state index is -0.294. The molecule has 3 amide bonds. The van der Waals surface area contributed by atoms with Crippen LogP contribution >= 0.6 is 12.2 Å². The van der Waals surface area contributed by atoms with Crippen LogP contribution in [0.5, 0.6) is 0 Å². The summed E-state index contributed by atoms with van der Waals surface area (Å²) >= 11 is 5.20. The first-order chi connectivity index (χ1) is 12.4. The molecule has 148 valence electrons. The second-order valence-electron chi connectivity index (χ2n) is 6.70. The summed E-state index contributed by atoms with van der Waals surface area (Å²) in [4.78, 5) is 28.4. The fourth-order valence-electron chi connectivity index (χ4n) is 2.85. The van der Waals surface area contributed by atoms with E-state index in [0.717, 1.165) is 38.0 Å². The number of nitrogens with zero attached hydrogens (tertiary/aromatic N) is 2. The van der Waals surface area contributed by atoms with Gasteiger partial charge >= 0.3 is 6.03 Å². The molecular formula is C18H33N5O2S. The molecule has 0 unspecified atom stereocenters. The van der Waals surface area contributed by atoms with Crippen molar-refractivity contribution in [3.8, 4) is 0 Å². The Labute approximate surface area is 162 Å². The van der Waals surface area contributed by atoms with Crippen LogP contribution < -0.4 is 16.0 Å². The fourth-order valence-corrected chi connectivity index (χ4v) is 3.07. The molecule has 0 aromatic heterocycles. The monoisotopic (exact) mass is 383 g/mol. The van der Waals surface area contributed by atoms with Gasteiger partial charge in [0.15, 0.2) is 4.99 Å². The second-order valence-corrected chi connectivity index (χ2v) is 7.11. The molecule has 7 nitrogen and oxygen atoms in total. The van der Waals surface area contributed by atoms with Crippen LogP contribution in [0.1, 0.15) is 40.0 Å². The number of urea groups is 1. The molecule has 1 saturated heterocycles. The van der Waals surface area contributed by atoms with Gasteiger partial charge in [-0.05, 0) is 46.7 Å². The number of carbonyl (C=O) groups excluding carboxylic acids is 2. The van der Waals surface area contributed by atoms with Crippen LogP contribution in [0, 0.1) is 0 Å². The number of thiocarbonyl (C=S) groups is 1. The molecule has 0 aromatic carbocycles. The van der Waals surface area contributed by atoms with E-state index in [9.17, 15) is 9.59 Å². The zero-order valence-electron chi connectivity index (χ0n) is 16.4. The Balaban J connectivity index is 2.44. The van der Waals surface area contributed by atoms with E-state index >= 15 is 0 Å². The maximum Gasteiger partial charge on any atom is 0.317 e. The molecule has 26 heavy (non-hydrogen) atoms. The number of allylic oxidation sites excluding steroid dienone is 1. The zero-order chi connectivity index (χ0) is 19.5. The number of likely N-dealkylation sites (tertiary alicyclic amines) is 1. The van der Waals surface area contributed by atoms with Crippen molar-refractivity contribution in [2.45, 2.75) is 46.1 Å². The summed E-state index contributed by atoms with van der Waals surface area (Å²) in [7, 11) is 2.06. The van der Waals surface area contributed by atoms with Gasteiger partial charge < -0.3 is 25.8 Å². The largest absolute Gasteiger partial charge is 0.346 e. The SMILES string of the molecule is CCCN(C)C/C=C(\C)NC(=S)C(=O)N[C@H]1CCCN(C(=O)NCC)C1. The molecule has 3 N–H and O–H groups in total. The fraction of sp³-hybridized carbons (Fsp3) is 0.722. The number of nitrogens with one attached hydrogen (secondary N) is 3. The Kier molecular flexibility index (Phi) is 10.2. The van der Waals surface area contributed by atoms with E-state index in [4.69, 9.17) is 12.2 Å². The van der Waals surface area contributed by atoms with Crippen LogP contribution in [0.25, 0.3) is 0 Å². The van der Waals surface area contributed by atoms with Gasteiger partial charge in [-0.3, -0.25) is 4.79 Å². The minimum Gasteiger partial charge on any atom is -0.346 e. The van der Waals surface area contributed by atoms with Crippen molar-refractivity contribution >= 4 is 29.1 Å². The van der Waals surface area contributed by atoms with Gasteiger partial charge in [0.1, 0.15) is 0 Å². The standard InChI is InChI=1S/C18H33N5O2S/c1-5-10-22(4)12-9-14(3)20-17(26)16(24)21-15-8-7-11-23(13-15)18(25)19-6-2/h9,15H,5-8,10-13H2,1-4H3,(H,19,25)(H,20,26)(H,21,24)/b14-9+/t15-/m0/s1. The van der Waals surface area contributed by atoms with E-state index in [1.54, 1.807) is 4.90 Å². The van der Waals surface area contributed by atoms with Gasteiger partial charge in [0.05, 0.1) is 0 Å². The first-order valence-electron chi connectivity index (χ1n) is 9.37. The molecule has 0 spiro atoms. The maximum absolute atomic E-state index is 12.3. The van der Waals surface area contributed by atoms with Crippen LogP contribution in [0.2, 0.25) is 0 Å². The van der Waals surface area contributed by atoms with Crippen LogP contribution in [-0.2, 0) is 4.79 Å². The molecule has 1 aliphatic heterocycles. The lowest BCUT2D eigenvalue weighted by Crippen LogP contribution is -2.53. The highest BCUT2D eigenvalue weighted by molar-refractivity contribution is 7.82. The van der Waals surface area contributed by atoms with Crippen molar-refractivity contribution < 1.29 is 9.59 Å². The molecule has 0 aromatic rings. The molecule has 1 atom stereocenters. The van der Waals surface area contributed by atoms with E-state index in [-0.39, 0.29) is 23.0 Å². The molecule has 1 aliphatic rings. The molecular weight excluding hydrogens is 350 g/mol. The first-order valence-corrected chi connectivity index (χ1v) is 9.78. The summed E-state index contributed by atoms with van der Waals surface area (Å²) in [6, 6.07) is -0.152. The van der Waals surface area contributed by atoms with Gasteiger partial charge in [-0.1, -0.05) is 25.2 Å². The normalized spacial score (nSPS) is 17.8. The average Bonchev–Trinajstić information content (AvgIpc) is 2.60. The molecule has 8 heteroatoms. The smallest absolute Gasteiger partial charge is 0.317 e. The zero-order valence-corrected chi connectivity index (χ0v) is 17.2. The molecule has 0 saturated carbocycles. The van der Waals surface area contributed by atoms with Gasteiger partial charge in [-0.15, -0.1) is 0 Å². The van der Waals surface area contributed by atoms with Crippen molar-refractivity contribution in [1.82, 2.24) is 25.8 Å². The van der Waals surface area contributed by atoms with Crippen molar-refractivity contribution in [2.24, 2.45) is 0 Å². The van der Waals surface area contributed by atoms with E-state index in [1.165, 1.54) is 0 Å². The molecule has 0 radical (unpaired) electrons. The molecule has 1 fully saturated rings. The predicted octanol–water partition coefficient (Wildman–Crippen LogP) is 1.46. The van der Waals surface area contributed by atoms with Crippen molar-refractivity contribution in [2.75, 3.05) is 39.8 Å². The van der Waals surface area contributed by atoms with Gasteiger partial charge in [0.2, 0.25) is 0 Å². The van der Waals surface area contributed by atoms with Crippen molar-refractivity contribution in [3.05, 3.63) is 11.8 Å². The lowest BCUT2D eigenvalue weighted by Gasteiger charge is -2.33. The van der Waals surface area contributed by atoms with Gasteiger partial charge in [-0.2, -0.15) is 0 Å². The summed E-state index contributed by atoms with van der Waals surface area (Å²) in [5.74, 6) is -0.294. The molecule has 1 rings (SSSR count). The highest BCUT2D eigenvalue weighted by Gasteiger charge is 2.25. The van der Waals surface area contributed by atoms with Crippen LogP contribution in [-0.4, -0.2) is 72.5 Å². The van der Waals surface area contributed by atoms with Crippen LogP contribution in [0.15, 0.2) is 11.8 Å². The third-order valence-corrected chi connectivity index (χ3v) is 4.49. The van der Waals surface area contributed by atoms with Gasteiger partial charge in [-0.25, -0.2) is 4.79 Å². The molecule has 1 heterocycles.